The van der Waals surface area contributed by atoms with Crippen LogP contribution in [0.2, 0.25) is 0 Å². The van der Waals surface area contributed by atoms with Crippen molar-refractivity contribution in [1.82, 2.24) is 5.32 Å². The van der Waals surface area contributed by atoms with Crippen molar-refractivity contribution in [2.75, 3.05) is 0 Å². The molecule has 3 nitrogen and oxygen atoms in total. The smallest absolute Gasteiger partial charge is 0.228 e. The first kappa shape index (κ1) is 12.1. The zero-order valence-electron chi connectivity index (χ0n) is 11.5. The molecule has 2 saturated carbocycles. The van der Waals surface area contributed by atoms with Gasteiger partial charge in [-0.05, 0) is 43.1 Å². The molecule has 4 unspecified atom stereocenters. The van der Waals surface area contributed by atoms with Gasteiger partial charge in [-0.15, -0.1) is 0 Å². The number of Topliss-reactive ketones (excluding diaryl/α,β-unsaturated/α-hetero) is 1. The Morgan fingerprint density at radius 3 is 2.80 bits per heavy atom. The lowest BCUT2D eigenvalue weighted by Crippen LogP contribution is -2.39. The molecule has 3 aliphatic carbocycles. The van der Waals surface area contributed by atoms with E-state index in [0.29, 0.717) is 12.5 Å². The molecule has 4 atom stereocenters. The third-order valence-electron chi connectivity index (χ3n) is 5.23. The van der Waals surface area contributed by atoms with Crippen LogP contribution in [0.5, 0.6) is 0 Å². The van der Waals surface area contributed by atoms with Crippen molar-refractivity contribution >= 4 is 11.7 Å². The molecule has 0 aliphatic heterocycles. The van der Waals surface area contributed by atoms with Gasteiger partial charge in [-0.2, -0.15) is 0 Å². The highest BCUT2D eigenvalue weighted by atomic mass is 16.2. The molecule has 104 valence electrons. The summed E-state index contributed by atoms with van der Waals surface area (Å²) in [6.07, 6.45) is 5.20. The summed E-state index contributed by atoms with van der Waals surface area (Å²) in [5.41, 5.74) is 1.65. The molecule has 20 heavy (non-hydrogen) atoms. The van der Waals surface area contributed by atoms with Crippen LogP contribution in [-0.4, -0.2) is 17.7 Å². The van der Waals surface area contributed by atoms with Crippen molar-refractivity contribution in [2.45, 2.75) is 44.1 Å². The predicted octanol–water partition coefficient (Wildman–Crippen LogP) is 2.66. The van der Waals surface area contributed by atoms with Gasteiger partial charge < -0.3 is 5.32 Å². The van der Waals surface area contributed by atoms with Crippen LogP contribution in [0, 0.1) is 11.8 Å². The Morgan fingerprint density at radius 2 is 1.95 bits per heavy atom. The molecule has 2 fully saturated rings. The van der Waals surface area contributed by atoms with E-state index in [1.165, 1.54) is 12.8 Å². The van der Waals surface area contributed by atoms with Crippen LogP contribution in [0.1, 0.15) is 53.9 Å². The molecule has 0 heterocycles. The van der Waals surface area contributed by atoms with Crippen molar-refractivity contribution in [3.8, 4) is 0 Å². The summed E-state index contributed by atoms with van der Waals surface area (Å²) < 4.78 is 0. The summed E-state index contributed by atoms with van der Waals surface area (Å²) in [6.45, 7) is 0. The van der Waals surface area contributed by atoms with E-state index in [2.05, 4.69) is 5.32 Å². The van der Waals surface area contributed by atoms with E-state index < -0.39 is 0 Å². The number of carbonyl (C=O) groups is 2. The summed E-state index contributed by atoms with van der Waals surface area (Å²) in [7, 11) is 0. The second kappa shape index (κ2) is 4.44. The number of fused-ring (bicyclic) bond motifs is 2. The largest absolute Gasteiger partial charge is 0.353 e. The Hall–Kier alpha value is -1.64. The SMILES string of the molecule is O=C1CC(C(=O)NC2CCC3CC3C2)c2ccccc21. The van der Waals surface area contributed by atoms with Crippen LogP contribution in [0.4, 0.5) is 0 Å². The first-order valence-electron chi connectivity index (χ1n) is 7.65. The maximum atomic E-state index is 12.5. The summed E-state index contributed by atoms with van der Waals surface area (Å²) >= 11 is 0. The average molecular weight is 269 g/mol. The number of rotatable bonds is 2. The number of carbonyl (C=O) groups excluding carboxylic acids is 2. The second-order valence-corrected chi connectivity index (χ2v) is 6.54. The lowest BCUT2D eigenvalue weighted by Gasteiger charge is -2.24. The Morgan fingerprint density at radius 1 is 1.10 bits per heavy atom. The van der Waals surface area contributed by atoms with E-state index in [0.717, 1.165) is 35.8 Å². The third kappa shape index (κ3) is 1.96. The normalized spacial score (nSPS) is 34.3. The average Bonchev–Trinajstić information content (AvgIpc) is 3.15. The molecule has 1 N–H and O–H groups in total. The zero-order chi connectivity index (χ0) is 13.7. The Bertz CT molecular complexity index is 580. The highest BCUT2D eigenvalue weighted by molar-refractivity contribution is 6.06. The van der Waals surface area contributed by atoms with E-state index in [1.807, 2.05) is 24.3 Å². The van der Waals surface area contributed by atoms with Crippen LogP contribution in [0.3, 0.4) is 0 Å². The molecular formula is C17H19NO2. The summed E-state index contributed by atoms with van der Waals surface area (Å²) in [5, 5.41) is 3.19. The van der Waals surface area contributed by atoms with Crippen molar-refractivity contribution in [1.29, 1.82) is 0 Å². The first-order valence-corrected chi connectivity index (χ1v) is 7.65. The lowest BCUT2D eigenvalue weighted by atomic mass is 9.94. The van der Waals surface area contributed by atoms with Gasteiger partial charge in [0.25, 0.3) is 0 Å². The fourth-order valence-corrected chi connectivity index (χ4v) is 3.98. The van der Waals surface area contributed by atoms with Crippen LogP contribution in [0.25, 0.3) is 0 Å². The molecule has 0 radical (unpaired) electrons. The fourth-order valence-electron chi connectivity index (χ4n) is 3.98. The topological polar surface area (TPSA) is 46.2 Å². The van der Waals surface area contributed by atoms with Crippen LogP contribution < -0.4 is 5.32 Å². The molecule has 0 bridgehead atoms. The number of amides is 1. The van der Waals surface area contributed by atoms with Gasteiger partial charge in [-0.25, -0.2) is 0 Å². The first-order chi connectivity index (χ1) is 9.72. The number of hydrogen-bond donors (Lipinski definition) is 1. The van der Waals surface area contributed by atoms with E-state index >= 15 is 0 Å². The van der Waals surface area contributed by atoms with Gasteiger partial charge in [-0.3, -0.25) is 9.59 Å². The number of hydrogen-bond acceptors (Lipinski definition) is 2. The molecule has 3 aliphatic rings. The molecule has 1 aromatic rings. The predicted molar refractivity (Wildman–Crippen MR) is 75.5 cm³/mol. The van der Waals surface area contributed by atoms with Crippen molar-refractivity contribution in [3.63, 3.8) is 0 Å². The van der Waals surface area contributed by atoms with Crippen molar-refractivity contribution < 1.29 is 9.59 Å². The number of benzene rings is 1. The molecule has 1 amide bonds. The van der Waals surface area contributed by atoms with Crippen LogP contribution in [0.15, 0.2) is 24.3 Å². The van der Waals surface area contributed by atoms with Gasteiger partial charge >= 0.3 is 0 Å². The molecule has 4 rings (SSSR count). The van der Waals surface area contributed by atoms with Gasteiger partial charge in [-0.1, -0.05) is 24.3 Å². The van der Waals surface area contributed by atoms with E-state index in [4.69, 9.17) is 0 Å². The monoisotopic (exact) mass is 269 g/mol. The summed E-state index contributed by atoms with van der Waals surface area (Å²) in [6, 6.07) is 7.86. The minimum atomic E-state index is -0.268. The van der Waals surface area contributed by atoms with Gasteiger partial charge in [0, 0.05) is 18.0 Å². The second-order valence-electron chi connectivity index (χ2n) is 6.54. The van der Waals surface area contributed by atoms with Gasteiger partial charge in [0.1, 0.15) is 0 Å². The molecule has 3 heteroatoms. The fraction of sp³-hybridized carbons (Fsp3) is 0.529. The Labute approximate surface area is 118 Å². The van der Waals surface area contributed by atoms with Crippen molar-refractivity contribution in [2.24, 2.45) is 11.8 Å². The van der Waals surface area contributed by atoms with Gasteiger partial charge in [0.15, 0.2) is 5.78 Å². The van der Waals surface area contributed by atoms with Gasteiger partial charge in [0.05, 0.1) is 5.92 Å². The minimum Gasteiger partial charge on any atom is -0.353 e. The Balaban J connectivity index is 1.48. The summed E-state index contributed by atoms with van der Waals surface area (Å²) in [4.78, 5) is 24.4. The minimum absolute atomic E-state index is 0.0485. The molecule has 1 aromatic carbocycles. The van der Waals surface area contributed by atoms with Gasteiger partial charge in [0.2, 0.25) is 5.91 Å². The third-order valence-corrected chi connectivity index (χ3v) is 5.23. The highest BCUT2D eigenvalue weighted by Crippen LogP contribution is 2.49. The molecule has 0 saturated heterocycles. The van der Waals surface area contributed by atoms with Crippen molar-refractivity contribution in [3.05, 3.63) is 35.4 Å². The quantitative estimate of drug-likeness (QED) is 0.897. The summed E-state index contributed by atoms with van der Waals surface area (Å²) in [5.74, 6) is 1.68. The van der Waals surface area contributed by atoms with E-state index in [1.54, 1.807) is 0 Å². The van der Waals surface area contributed by atoms with Crippen LogP contribution >= 0.6 is 0 Å². The van der Waals surface area contributed by atoms with Crippen LogP contribution in [-0.2, 0) is 4.79 Å². The number of ketones is 1. The molecule has 0 aromatic heterocycles. The molecular weight excluding hydrogens is 250 g/mol. The molecule has 0 spiro atoms. The lowest BCUT2D eigenvalue weighted by molar-refractivity contribution is -0.123. The van der Waals surface area contributed by atoms with E-state index in [-0.39, 0.29) is 17.6 Å². The maximum absolute atomic E-state index is 12.5. The number of nitrogens with one attached hydrogen (secondary N) is 1. The standard InChI is InChI=1S/C17H19NO2/c19-16-9-15(13-3-1-2-4-14(13)16)17(20)18-12-6-5-10-7-11(10)8-12/h1-4,10-12,15H,5-9H2,(H,18,20). The highest BCUT2D eigenvalue weighted by Gasteiger charge is 2.43. The zero-order valence-corrected chi connectivity index (χ0v) is 11.5. The maximum Gasteiger partial charge on any atom is 0.228 e. The Kier molecular flexibility index (Phi) is 2.69. The van der Waals surface area contributed by atoms with E-state index in [9.17, 15) is 9.59 Å².